The Bertz CT molecular complexity index is 30.6. The van der Waals surface area contributed by atoms with Crippen LogP contribution in [0, 0.1) is 0 Å². The fraction of sp³-hybridized carbons (Fsp3) is 0.500. The largest absolute Gasteiger partial charge is 0.103 e. The molecule has 0 radical (unpaired) electrons. The summed E-state index contributed by atoms with van der Waals surface area (Å²) < 4.78 is 6.71. The molecule has 0 aromatic rings. The van der Waals surface area contributed by atoms with E-state index < -0.39 is 0 Å². The Morgan fingerprint density at radius 3 is 2.75 bits per heavy atom. The predicted molar refractivity (Wildman–Crippen MR) is 20.5 cm³/mol. The van der Waals surface area contributed by atoms with Crippen molar-refractivity contribution in [2.45, 2.75) is 13.3 Å². The topological polar surface area (TPSA) is 0 Å². The van der Waals surface area contributed by atoms with Crippen molar-refractivity contribution in [1.82, 2.24) is 0 Å². The highest BCUT2D eigenvalue weighted by Gasteiger charge is 1.45. The zero-order chi connectivity index (χ0) is 4.28. The van der Waals surface area contributed by atoms with Gasteiger partial charge in [0.2, 0.25) is 0 Å². The zero-order valence-corrected chi connectivity index (χ0v) is 2.86. The van der Waals surface area contributed by atoms with Crippen LogP contribution in [-0.4, -0.2) is 0 Å². The van der Waals surface area contributed by atoms with Gasteiger partial charge in [-0.15, -0.1) is 6.58 Å². The average molecular weight is 58.1 g/mol. The second-order valence-electron chi connectivity index (χ2n) is 0.569. The van der Waals surface area contributed by atoms with Crippen molar-refractivity contribution in [1.29, 1.82) is 0 Å². The summed E-state index contributed by atoms with van der Waals surface area (Å²) in [4.78, 5) is 0. The van der Waals surface area contributed by atoms with Gasteiger partial charge in [-0.3, -0.25) is 0 Å². The predicted octanol–water partition coefficient (Wildman–Crippen LogP) is 1.58. The lowest BCUT2D eigenvalue weighted by Crippen LogP contribution is -1.36. The molecular formula is C4H8. The van der Waals surface area contributed by atoms with Crippen LogP contribution >= 0.6 is 0 Å². The average Bonchev–Trinajstić information content (AvgIpc) is 1.38. The van der Waals surface area contributed by atoms with Gasteiger partial charge in [0.15, 0.2) is 0 Å². The van der Waals surface area contributed by atoms with Crippen molar-refractivity contribution in [2.24, 2.45) is 0 Å². The minimum Gasteiger partial charge on any atom is -0.103 e. The van der Waals surface area contributed by atoms with Gasteiger partial charge >= 0.3 is 0 Å². The van der Waals surface area contributed by atoms with E-state index in [0.29, 0.717) is 0 Å². The standard InChI is InChI=1S/C4H8/c1-3-4-2/h3H,1,4H2,2H3/i4T. The van der Waals surface area contributed by atoms with Crippen LogP contribution in [0.1, 0.15) is 14.7 Å². The highest BCUT2D eigenvalue weighted by atomic mass is 13.5. The van der Waals surface area contributed by atoms with Crippen LogP contribution < -0.4 is 0 Å². The van der Waals surface area contributed by atoms with Crippen LogP contribution in [0.25, 0.3) is 0 Å². The third-order valence-electron chi connectivity index (χ3n) is 0.236. The molecule has 0 bridgehead atoms. The monoisotopic (exact) mass is 58.1 g/mol. The molecule has 0 aromatic heterocycles. The Hall–Kier alpha value is -0.260. The van der Waals surface area contributed by atoms with E-state index in [4.69, 9.17) is 1.37 Å². The molecule has 4 heavy (non-hydrogen) atoms. The Labute approximate surface area is 28.5 Å². The summed E-state index contributed by atoms with van der Waals surface area (Å²) in [5.74, 6) is 0. The maximum Gasteiger partial charge on any atom is 0.0307 e. The molecular weight excluding hydrogens is 48.0 g/mol. The van der Waals surface area contributed by atoms with Crippen LogP contribution in [-0.2, 0) is 0 Å². The molecule has 0 heteroatoms. The molecule has 0 aliphatic rings. The SMILES string of the molecule is [3H]C(C)C=C. The van der Waals surface area contributed by atoms with Gasteiger partial charge in [-0.2, -0.15) is 0 Å². The van der Waals surface area contributed by atoms with E-state index in [1.165, 1.54) is 0 Å². The van der Waals surface area contributed by atoms with E-state index >= 15 is 0 Å². The van der Waals surface area contributed by atoms with E-state index in [2.05, 4.69) is 6.58 Å². The van der Waals surface area contributed by atoms with Crippen molar-refractivity contribution < 1.29 is 1.37 Å². The zero-order valence-electron chi connectivity index (χ0n) is 3.86. The first-order chi connectivity index (χ1) is 2.27. The van der Waals surface area contributed by atoms with Crippen LogP contribution in [0.4, 0.5) is 0 Å². The molecule has 0 heterocycles. The number of allylic oxidation sites excluding steroid dienone is 1. The highest BCUT2D eigenvalue weighted by Crippen LogP contribution is 1.66. The molecule has 0 rings (SSSR count). The van der Waals surface area contributed by atoms with Gasteiger partial charge in [0.05, 0.1) is 0 Å². The summed E-state index contributed by atoms with van der Waals surface area (Å²) in [6.45, 7) is 5.14. The maximum absolute atomic E-state index is 6.71. The summed E-state index contributed by atoms with van der Waals surface area (Å²) in [7, 11) is 0. The van der Waals surface area contributed by atoms with Crippen LogP contribution in [0.15, 0.2) is 12.7 Å². The lowest BCUT2D eigenvalue weighted by molar-refractivity contribution is 1.23. The minimum absolute atomic E-state index is 0.102. The molecule has 0 saturated heterocycles. The van der Waals surface area contributed by atoms with Crippen LogP contribution in [0.3, 0.4) is 0 Å². The molecule has 0 N–H and O–H groups in total. The van der Waals surface area contributed by atoms with Gasteiger partial charge in [-0.25, -0.2) is 0 Å². The fourth-order valence-corrected chi connectivity index (χ4v) is 0. The van der Waals surface area contributed by atoms with Crippen molar-refractivity contribution in [2.75, 3.05) is 0 Å². The molecule has 24 valence electrons. The summed E-state index contributed by atoms with van der Waals surface area (Å²) in [6, 6.07) is 0. The molecule has 0 aromatic carbocycles. The summed E-state index contributed by atoms with van der Waals surface area (Å²) in [5.41, 5.74) is 0. The molecule has 0 amide bonds. The van der Waals surface area contributed by atoms with Crippen molar-refractivity contribution >= 4 is 0 Å². The number of hydrogen-bond donors (Lipinski definition) is 0. The van der Waals surface area contributed by atoms with E-state index in [1.54, 1.807) is 13.0 Å². The van der Waals surface area contributed by atoms with Crippen molar-refractivity contribution in [3.8, 4) is 0 Å². The van der Waals surface area contributed by atoms with E-state index in [0.717, 1.165) is 0 Å². The lowest BCUT2D eigenvalue weighted by Gasteiger charge is -1.57. The van der Waals surface area contributed by atoms with Crippen LogP contribution in [0.2, 0.25) is 0 Å². The third-order valence-corrected chi connectivity index (χ3v) is 0.236. The normalized spacial score (nSPS) is 17.8. The first kappa shape index (κ1) is 2.01. The fourth-order valence-electron chi connectivity index (χ4n) is 0. The lowest BCUT2D eigenvalue weighted by atomic mass is 10.5. The van der Waals surface area contributed by atoms with Gasteiger partial charge in [-0.05, 0) is 6.40 Å². The second-order valence-corrected chi connectivity index (χ2v) is 0.569. The summed E-state index contributed by atoms with van der Waals surface area (Å²) in [6.07, 6.45) is 1.48. The molecule has 0 aliphatic carbocycles. The summed E-state index contributed by atoms with van der Waals surface area (Å²) >= 11 is 0. The molecule has 0 saturated carbocycles. The first-order valence-corrected chi connectivity index (χ1v) is 1.32. The van der Waals surface area contributed by atoms with Gasteiger partial charge in [-0.1, -0.05) is 13.0 Å². The molecule has 0 fully saturated rings. The van der Waals surface area contributed by atoms with Crippen molar-refractivity contribution in [3.05, 3.63) is 12.7 Å². The smallest absolute Gasteiger partial charge is 0.0307 e. The quantitative estimate of drug-likeness (QED) is 0.401. The van der Waals surface area contributed by atoms with Gasteiger partial charge in [0, 0.05) is 1.37 Å². The number of rotatable bonds is 1. The summed E-state index contributed by atoms with van der Waals surface area (Å²) in [5, 5.41) is 0. The maximum atomic E-state index is 6.71. The van der Waals surface area contributed by atoms with E-state index in [9.17, 15) is 0 Å². The Kier molecular flexibility index (Phi) is 1.38. The molecule has 0 aliphatic heterocycles. The third kappa shape index (κ3) is 1.74. The van der Waals surface area contributed by atoms with Crippen molar-refractivity contribution in [3.63, 3.8) is 0 Å². The van der Waals surface area contributed by atoms with Gasteiger partial charge in [0.25, 0.3) is 0 Å². The molecule has 1 unspecified atom stereocenters. The second kappa shape index (κ2) is 2.74. The minimum atomic E-state index is -0.102. The molecule has 0 spiro atoms. The number of hydrogen-bond acceptors (Lipinski definition) is 0. The van der Waals surface area contributed by atoms with E-state index in [-0.39, 0.29) is 6.40 Å². The van der Waals surface area contributed by atoms with Gasteiger partial charge in [0.1, 0.15) is 0 Å². The van der Waals surface area contributed by atoms with E-state index in [1.807, 2.05) is 0 Å². The Balaban J connectivity index is 2.83. The highest BCUT2D eigenvalue weighted by molar-refractivity contribution is 4.60. The Morgan fingerprint density at radius 2 is 2.75 bits per heavy atom. The molecule has 0 nitrogen and oxygen atoms in total. The molecule has 1 atom stereocenters. The van der Waals surface area contributed by atoms with Gasteiger partial charge < -0.3 is 0 Å². The first-order valence-electron chi connectivity index (χ1n) is 1.90. The Morgan fingerprint density at radius 1 is 2.50 bits per heavy atom. The van der Waals surface area contributed by atoms with Crippen LogP contribution in [0.5, 0.6) is 0 Å².